The number of thioether (sulfide) groups is 1. The average molecular weight is 474 g/mol. The molecule has 2 aromatic heterocycles. The number of rotatable bonds is 6. The maximum atomic E-state index is 13.5. The number of anilines is 1. The van der Waals surface area contributed by atoms with Gasteiger partial charge in [-0.15, -0.1) is 0 Å². The van der Waals surface area contributed by atoms with Crippen LogP contribution < -0.4 is 10.5 Å². The lowest BCUT2D eigenvalue weighted by atomic mass is 10.2. The van der Waals surface area contributed by atoms with Crippen molar-refractivity contribution in [3.05, 3.63) is 44.7 Å². The molecule has 170 valence electrons. The molecule has 0 atom stereocenters. The van der Waals surface area contributed by atoms with E-state index in [1.54, 1.807) is 28.7 Å². The summed E-state index contributed by atoms with van der Waals surface area (Å²) in [5.41, 5.74) is 1.80. The predicted molar refractivity (Wildman–Crippen MR) is 132 cm³/mol. The molecule has 0 aliphatic carbocycles. The lowest BCUT2D eigenvalue weighted by Crippen LogP contribution is -2.45. The first-order valence-corrected chi connectivity index (χ1v) is 11.8. The van der Waals surface area contributed by atoms with Crippen molar-refractivity contribution in [1.29, 1.82) is 0 Å². The van der Waals surface area contributed by atoms with Gasteiger partial charge in [-0.1, -0.05) is 30.0 Å². The van der Waals surface area contributed by atoms with Gasteiger partial charge in [-0.05, 0) is 38.1 Å². The van der Waals surface area contributed by atoms with Crippen molar-refractivity contribution in [2.24, 2.45) is 0 Å². The number of methoxy groups -OCH3 is 1. The molecule has 32 heavy (non-hydrogen) atoms. The van der Waals surface area contributed by atoms with Gasteiger partial charge in [-0.3, -0.25) is 18.9 Å². The van der Waals surface area contributed by atoms with Crippen molar-refractivity contribution < 1.29 is 9.53 Å². The fourth-order valence-electron chi connectivity index (χ4n) is 3.88. The van der Waals surface area contributed by atoms with Gasteiger partial charge in [0.25, 0.3) is 11.5 Å². The molecule has 10 heteroatoms. The van der Waals surface area contributed by atoms with Gasteiger partial charge in [0.1, 0.15) is 15.8 Å². The first-order valence-electron chi connectivity index (χ1n) is 10.6. The van der Waals surface area contributed by atoms with Gasteiger partial charge in [-0.2, -0.15) is 0 Å². The van der Waals surface area contributed by atoms with Crippen LogP contribution in [-0.2, 0) is 9.53 Å². The Labute approximate surface area is 196 Å². The molecule has 2 fully saturated rings. The molecule has 4 rings (SSSR count). The van der Waals surface area contributed by atoms with Gasteiger partial charge in [0.2, 0.25) is 0 Å². The summed E-state index contributed by atoms with van der Waals surface area (Å²) in [6.45, 7) is 6.30. The Kier molecular flexibility index (Phi) is 6.94. The van der Waals surface area contributed by atoms with Crippen LogP contribution in [0.5, 0.6) is 0 Å². The highest BCUT2D eigenvalue weighted by atomic mass is 32.2. The summed E-state index contributed by atoms with van der Waals surface area (Å²) in [7, 11) is 3.71. The molecule has 0 bridgehead atoms. The van der Waals surface area contributed by atoms with Crippen LogP contribution in [0.4, 0.5) is 5.82 Å². The highest BCUT2D eigenvalue weighted by Crippen LogP contribution is 2.33. The van der Waals surface area contributed by atoms with E-state index in [-0.39, 0.29) is 11.5 Å². The van der Waals surface area contributed by atoms with Crippen LogP contribution in [0.2, 0.25) is 0 Å². The number of amides is 1. The summed E-state index contributed by atoms with van der Waals surface area (Å²) in [6.07, 6.45) is 4.09. The minimum Gasteiger partial charge on any atom is -0.385 e. The summed E-state index contributed by atoms with van der Waals surface area (Å²) in [6, 6.07) is 3.78. The Balaban J connectivity index is 1.78. The van der Waals surface area contributed by atoms with E-state index >= 15 is 0 Å². The smallest absolute Gasteiger partial charge is 0.267 e. The Morgan fingerprint density at radius 3 is 2.72 bits per heavy atom. The number of hydrogen-bond acceptors (Lipinski definition) is 8. The summed E-state index contributed by atoms with van der Waals surface area (Å²) < 4.78 is 7.15. The van der Waals surface area contributed by atoms with E-state index in [1.807, 2.05) is 19.1 Å². The number of likely N-dealkylation sites (N-methyl/N-ethyl adjacent to an activating group) is 1. The number of hydrogen-bond donors (Lipinski definition) is 0. The number of carbonyl (C=O) groups is 1. The zero-order valence-electron chi connectivity index (χ0n) is 18.5. The lowest BCUT2D eigenvalue weighted by Gasteiger charge is -2.34. The SMILES string of the molecule is COCCCN1C(=O)/C(=C/c2c(N3CCN(C)CC3)nc3c(C)cccn3c2=O)SC1=S. The van der Waals surface area contributed by atoms with Gasteiger partial charge in [-0.25, -0.2) is 4.98 Å². The number of aromatic nitrogens is 2. The standard InChI is InChI=1S/C22H27N5O3S2/c1-15-6-4-7-26-18(15)23-19(25-11-9-24(2)10-12-25)16(20(26)28)14-17-21(29)27(22(31)32-17)8-5-13-30-3/h4,6-7,14H,5,8-13H2,1-3H3/b17-14-. The van der Waals surface area contributed by atoms with E-state index in [2.05, 4.69) is 16.8 Å². The first kappa shape index (κ1) is 22.9. The molecular weight excluding hydrogens is 446 g/mol. The minimum absolute atomic E-state index is 0.172. The maximum absolute atomic E-state index is 13.5. The minimum atomic E-state index is -0.183. The van der Waals surface area contributed by atoms with Crippen LogP contribution in [0.3, 0.4) is 0 Å². The highest BCUT2D eigenvalue weighted by Gasteiger charge is 2.32. The summed E-state index contributed by atoms with van der Waals surface area (Å²) >= 11 is 6.66. The van der Waals surface area contributed by atoms with Crippen LogP contribution >= 0.6 is 24.0 Å². The summed E-state index contributed by atoms with van der Waals surface area (Å²) in [4.78, 5) is 37.9. The van der Waals surface area contributed by atoms with Gasteiger partial charge in [0.05, 0.1) is 10.5 Å². The molecule has 1 amide bonds. The molecule has 0 aromatic carbocycles. The summed E-state index contributed by atoms with van der Waals surface area (Å²) in [5, 5.41) is 0. The van der Waals surface area contributed by atoms with Crippen LogP contribution in [-0.4, -0.2) is 82.9 Å². The van der Waals surface area contributed by atoms with E-state index in [0.717, 1.165) is 31.7 Å². The second kappa shape index (κ2) is 9.70. The molecule has 2 saturated heterocycles. The van der Waals surface area contributed by atoms with E-state index in [4.69, 9.17) is 21.9 Å². The van der Waals surface area contributed by atoms with Gasteiger partial charge < -0.3 is 14.5 Å². The number of aryl methyl sites for hydroxylation is 1. The Hall–Kier alpha value is -2.27. The molecule has 2 aromatic rings. The van der Waals surface area contributed by atoms with Crippen LogP contribution in [0, 0.1) is 6.92 Å². The molecule has 0 unspecified atom stereocenters. The Morgan fingerprint density at radius 1 is 1.25 bits per heavy atom. The molecule has 8 nitrogen and oxygen atoms in total. The largest absolute Gasteiger partial charge is 0.385 e. The number of carbonyl (C=O) groups excluding carboxylic acids is 1. The monoisotopic (exact) mass is 473 g/mol. The van der Waals surface area contributed by atoms with Gasteiger partial charge in [0, 0.05) is 52.6 Å². The second-order valence-corrected chi connectivity index (χ2v) is 9.68. The van der Waals surface area contributed by atoms with Gasteiger partial charge >= 0.3 is 0 Å². The molecule has 0 radical (unpaired) electrons. The Morgan fingerprint density at radius 2 is 2.00 bits per heavy atom. The molecule has 2 aliphatic rings. The van der Waals surface area contributed by atoms with Crippen molar-refractivity contribution in [3.63, 3.8) is 0 Å². The van der Waals surface area contributed by atoms with Crippen molar-refractivity contribution in [1.82, 2.24) is 19.2 Å². The van der Waals surface area contributed by atoms with E-state index in [9.17, 15) is 9.59 Å². The molecule has 4 heterocycles. The average Bonchev–Trinajstić information content (AvgIpc) is 3.04. The number of thiocarbonyl (C=S) groups is 1. The van der Waals surface area contributed by atoms with Crippen molar-refractivity contribution in [2.45, 2.75) is 13.3 Å². The topological polar surface area (TPSA) is 70.4 Å². The number of piperazine rings is 1. The quantitative estimate of drug-likeness (QED) is 0.359. The van der Waals surface area contributed by atoms with Crippen LogP contribution in [0.25, 0.3) is 11.7 Å². The predicted octanol–water partition coefficient (Wildman–Crippen LogP) is 1.99. The number of fused-ring (bicyclic) bond motifs is 1. The van der Waals surface area contributed by atoms with Crippen molar-refractivity contribution >= 4 is 51.7 Å². The van der Waals surface area contributed by atoms with E-state index in [0.29, 0.717) is 45.8 Å². The zero-order chi connectivity index (χ0) is 22.8. The van der Waals surface area contributed by atoms with E-state index in [1.165, 1.54) is 11.8 Å². The zero-order valence-corrected chi connectivity index (χ0v) is 20.2. The third kappa shape index (κ3) is 4.45. The fraction of sp³-hybridized carbons (Fsp3) is 0.455. The Bertz CT molecular complexity index is 1140. The van der Waals surface area contributed by atoms with Crippen LogP contribution in [0.15, 0.2) is 28.0 Å². The molecular formula is C22H27N5O3S2. The number of nitrogens with zero attached hydrogens (tertiary/aromatic N) is 5. The molecule has 2 aliphatic heterocycles. The maximum Gasteiger partial charge on any atom is 0.267 e. The first-order chi connectivity index (χ1) is 15.4. The normalized spacial score (nSPS) is 19.0. The highest BCUT2D eigenvalue weighted by molar-refractivity contribution is 8.26. The van der Waals surface area contributed by atoms with Crippen molar-refractivity contribution in [3.8, 4) is 0 Å². The lowest BCUT2D eigenvalue weighted by molar-refractivity contribution is -0.122. The third-order valence-corrected chi connectivity index (χ3v) is 7.12. The molecule has 0 saturated carbocycles. The number of pyridine rings is 1. The number of ether oxygens (including phenoxy) is 1. The second-order valence-electron chi connectivity index (χ2n) is 8.01. The fourth-order valence-corrected chi connectivity index (χ4v) is 5.17. The third-order valence-electron chi connectivity index (χ3n) is 5.75. The van der Waals surface area contributed by atoms with Gasteiger partial charge in [0.15, 0.2) is 0 Å². The summed E-state index contributed by atoms with van der Waals surface area (Å²) in [5.74, 6) is 0.455. The van der Waals surface area contributed by atoms with E-state index < -0.39 is 0 Å². The van der Waals surface area contributed by atoms with Crippen LogP contribution in [0.1, 0.15) is 17.5 Å². The van der Waals surface area contributed by atoms with Crippen molar-refractivity contribution in [2.75, 3.05) is 58.4 Å². The molecule has 0 spiro atoms. The molecule has 0 N–H and O–H groups in total.